The number of aliphatic carboxylic acids is 1. The van der Waals surface area contributed by atoms with Crippen LogP contribution >= 0.6 is 0 Å². The summed E-state index contributed by atoms with van der Waals surface area (Å²) in [5.74, 6) is -1.18. The maximum atomic E-state index is 11.7. The maximum absolute atomic E-state index is 11.7. The predicted molar refractivity (Wildman–Crippen MR) is 61.4 cm³/mol. The highest BCUT2D eigenvalue weighted by molar-refractivity contribution is 5.87. The normalized spacial score (nSPS) is 25.9. The van der Waals surface area contributed by atoms with Gasteiger partial charge in [0.15, 0.2) is 0 Å². The predicted octanol–water partition coefficient (Wildman–Crippen LogP) is -0.675. The largest absolute Gasteiger partial charge is 0.480 e. The average Bonchev–Trinajstić information content (AvgIpc) is 2.63. The molecule has 0 spiro atoms. The van der Waals surface area contributed by atoms with E-state index in [1.165, 1.54) is 0 Å². The lowest BCUT2D eigenvalue weighted by atomic mass is 10.0. The third-order valence-electron chi connectivity index (χ3n) is 2.75. The summed E-state index contributed by atoms with van der Waals surface area (Å²) < 4.78 is 0. The van der Waals surface area contributed by atoms with Crippen LogP contribution in [0.1, 0.15) is 26.7 Å². The Bertz CT molecular complexity index is 293. The van der Waals surface area contributed by atoms with Gasteiger partial charge in [-0.1, -0.05) is 13.8 Å². The number of carbonyl (C=O) groups excluding carboxylic acids is 1. The zero-order valence-corrected chi connectivity index (χ0v) is 10.1. The first kappa shape index (κ1) is 13.9. The van der Waals surface area contributed by atoms with Gasteiger partial charge in [0.2, 0.25) is 5.91 Å². The van der Waals surface area contributed by atoms with Crippen molar-refractivity contribution >= 4 is 11.9 Å². The minimum absolute atomic E-state index is 0.193. The van der Waals surface area contributed by atoms with E-state index in [2.05, 4.69) is 10.6 Å². The van der Waals surface area contributed by atoms with E-state index < -0.39 is 24.2 Å². The van der Waals surface area contributed by atoms with E-state index in [-0.39, 0.29) is 11.8 Å². The van der Waals surface area contributed by atoms with Gasteiger partial charge in [-0.25, -0.2) is 4.79 Å². The molecule has 1 fully saturated rings. The van der Waals surface area contributed by atoms with E-state index in [1.807, 2.05) is 13.8 Å². The zero-order chi connectivity index (χ0) is 13.0. The van der Waals surface area contributed by atoms with Crippen molar-refractivity contribution in [1.29, 1.82) is 0 Å². The molecule has 0 saturated carbocycles. The maximum Gasteiger partial charge on any atom is 0.326 e. The molecule has 3 atom stereocenters. The van der Waals surface area contributed by atoms with Crippen LogP contribution in [0.5, 0.6) is 0 Å². The Morgan fingerprint density at radius 1 is 1.47 bits per heavy atom. The number of β-amino-alcohol motifs (C(OH)–C–C–N with tert-alkyl or cyclic N) is 1. The molecule has 6 nitrogen and oxygen atoms in total. The first-order valence-electron chi connectivity index (χ1n) is 5.84. The third kappa shape index (κ3) is 4.32. The number of carboxylic acids is 1. The fourth-order valence-electron chi connectivity index (χ4n) is 1.88. The van der Waals surface area contributed by atoms with Crippen molar-refractivity contribution < 1.29 is 19.8 Å². The van der Waals surface area contributed by atoms with Gasteiger partial charge in [-0.15, -0.1) is 0 Å². The van der Waals surface area contributed by atoms with E-state index in [4.69, 9.17) is 5.11 Å². The standard InChI is InChI=1S/C11H20N2O4/c1-6(2)3-9(11(16)17)13-10(15)8-4-7(14)5-12-8/h6-9,12,14H,3-5H2,1-2H3,(H,13,15)(H,16,17)/t7-,8+,9+/m1/s1. The Hall–Kier alpha value is -1.14. The second-order valence-corrected chi connectivity index (χ2v) is 4.88. The van der Waals surface area contributed by atoms with Gasteiger partial charge in [-0.05, 0) is 18.8 Å². The number of hydrogen-bond donors (Lipinski definition) is 4. The molecule has 1 aliphatic heterocycles. The van der Waals surface area contributed by atoms with E-state index >= 15 is 0 Å². The van der Waals surface area contributed by atoms with Crippen molar-refractivity contribution in [3.63, 3.8) is 0 Å². The third-order valence-corrected chi connectivity index (χ3v) is 2.75. The lowest BCUT2D eigenvalue weighted by Gasteiger charge is -2.18. The van der Waals surface area contributed by atoms with Crippen LogP contribution in [0.3, 0.4) is 0 Å². The van der Waals surface area contributed by atoms with Gasteiger partial charge in [0.05, 0.1) is 12.1 Å². The summed E-state index contributed by atoms with van der Waals surface area (Å²) >= 11 is 0. The summed E-state index contributed by atoms with van der Waals surface area (Å²) in [4.78, 5) is 22.7. The first-order valence-corrected chi connectivity index (χ1v) is 5.84. The Kier molecular flexibility index (Phi) is 4.89. The minimum Gasteiger partial charge on any atom is -0.480 e. The summed E-state index contributed by atoms with van der Waals surface area (Å²) in [6, 6.07) is -1.35. The SMILES string of the molecule is CC(C)C[C@H](NC(=O)[C@@H]1C[C@@H](O)CN1)C(=O)O. The number of hydrogen-bond acceptors (Lipinski definition) is 4. The number of rotatable bonds is 5. The van der Waals surface area contributed by atoms with Crippen LogP contribution in [0.2, 0.25) is 0 Å². The van der Waals surface area contributed by atoms with Crippen LogP contribution in [0, 0.1) is 5.92 Å². The number of nitrogens with one attached hydrogen (secondary N) is 2. The zero-order valence-electron chi connectivity index (χ0n) is 10.1. The molecule has 1 aliphatic rings. The number of carbonyl (C=O) groups is 2. The molecule has 1 heterocycles. The second-order valence-electron chi connectivity index (χ2n) is 4.88. The Morgan fingerprint density at radius 3 is 2.53 bits per heavy atom. The number of amides is 1. The molecule has 1 saturated heterocycles. The van der Waals surface area contributed by atoms with Crippen molar-refractivity contribution in [3.8, 4) is 0 Å². The van der Waals surface area contributed by atoms with E-state index in [0.29, 0.717) is 19.4 Å². The van der Waals surface area contributed by atoms with E-state index in [1.54, 1.807) is 0 Å². The Morgan fingerprint density at radius 2 is 2.12 bits per heavy atom. The quantitative estimate of drug-likeness (QED) is 0.514. The molecule has 1 amide bonds. The van der Waals surface area contributed by atoms with Crippen LogP contribution in [0.4, 0.5) is 0 Å². The molecule has 0 aromatic heterocycles. The number of aliphatic hydroxyl groups excluding tert-OH is 1. The molecular weight excluding hydrogens is 224 g/mol. The molecule has 0 bridgehead atoms. The Labute approximate surface area is 100 Å². The van der Waals surface area contributed by atoms with Crippen molar-refractivity contribution in [1.82, 2.24) is 10.6 Å². The van der Waals surface area contributed by atoms with Gasteiger partial charge < -0.3 is 20.8 Å². The second kappa shape index (κ2) is 5.97. The smallest absolute Gasteiger partial charge is 0.326 e. The summed E-state index contributed by atoms with van der Waals surface area (Å²) in [6.07, 6.45) is 0.204. The lowest BCUT2D eigenvalue weighted by Crippen LogP contribution is -2.48. The van der Waals surface area contributed by atoms with Crippen molar-refractivity contribution in [2.75, 3.05) is 6.54 Å². The summed E-state index contributed by atoms with van der Waals surface area (Å²) in [7, 11) is 0. The van der Waals surface area contributed by atoms with Crippen LogP contribution in [0.15, 0.2) is 0 Å². The minimum atomic E-state index is -1.02. The van der Waals surface area contributed by atoms with Gasteiger partial charge in [-0.3, -0.25) is 4.79 Å². The molecule has 0 aromatic rings. The highest BCUT2D eigenvalue weighted by Gasteiger charge is 2.30. The summed E-state index contributed by atoms with van der Waals surface area (Å²) in [5.41, 5.74) is 0. The molecule has 4 N–H and O–H groups in total. The van der Waals surface area contributed by atoms with Crippen LogP contribution in [0.25, 0.3) is 0 Å². The lowest BCUT2D eigenvalue weighted by molar-refractivity contribution is -0.142. The van der Waals surface area contributed by atoms with Crippen molar-refractivity contribution in [2.24, 2.45) is 5.92 Å². The molecule has 0 aromatic carbocycles. The van der Waals surface area contributed by atoms with Crippen LogP contribution in [-0.4, -0.2) is 46.8 Å². The van der Waals surface area contributed by atoms with Crippen molar-refractivity contribution in [3.05, 3.63) is 0 Å². The highest BCUT2D eigenvalue weighted by atomic mass is 16.4. The monoisotopic (exact) mass is 244 g/mol. The number of carboxylic acid groups (broad SMARTS) is 1. The molecule has 0 radical (unpaired) electrons. The molecule has 6 heteroatoms. The van der Waals surface area contributed by atoms with Gasteiger partial charge in [0, 0.05) is 6.54 Å². The topological polar surface area (TPSA) is 98.7 Å². The van der Waals surface area contributed by atoms with Gasteiger partial charge in [0.25, 0.3) is 0 Å². The fraction of sp³-hybridized carbons (Fsp3) is 0.818. The fourth-order valence-corrected chi connectivity index (χ4v) is 1.88. The van der Waals surface area contributed by atoms with E-state index in [0.717, 1.165) is 0 Å². The van der Waals surface area contributed by atoms with Gasteiger partial charge in [-0.2, -0.15) is 0 Å². The molecule has 1 rings (SSSR count). The van der Waals surface area contributed by atoms with E-state index in [9.17, 15) is 14.7 Å². The van der Waals surface area contributed by atoms with Crippen LogP contribution < -0.4 is 10.6 Å². The average molecular weight is 244 g/mol. The molecule has 17 heavy (non-hydrogen) atoms. The van der Waals surface area contributed by atoms with Gasteiger partial charge in [0.1, 0.15) is 6.04 Å². The van der Waals surface area contributed by atoms with Crippen molar-refractivity contribution in [2.45, 2.75) is 44.9 Å². The molecule has 0 unspecified atom stereocenters. The molecule has 98 valence electrons. The number of aliphatic hydroxyl groups is 1. The van der Waals surface area contributed by atoms with Crippen LogP contribution in [-0.2, 0) is 9.59 Å². The Balaban J connectivity index is 2.49. The van der Waals surface area contributed by atoms with Gasteiger partial charge >= 0.3 is 5.97 Å². The first-order chi connectivity index (χ1) is 7.90. The molecular formula is C11H20N2O4. The summed E-state index contributed by atoms with van der Waals surface area (Å²) in [6.45, 7) is 4.18. The molecule has 0 aliphatic carbocycles. The highest BCUT2D eigenvalue weighted by Crippen LogP contribution is 2.09. The summed E-state index contributed by atoms with van der Waals surface area (Å²) in [5, 5.41) is 23.6.